The zero-order chi connectivity index (χ0) is 13.4. The molecule has 1 aliphatic rings. The van der Waals surface area contributed by atoms with Gasteiger partial charge in [0.25, 0.3) is 0 Å². The molecule has 1 saturated carbocycles. The smallest absolute Gasteiger partial charge is 0.310 e. The van der Waals surface area contributed by atoms with Gasteiger partial charge in [-0.05, 0) is 24.6 Å². The molecule has 0 bridgehead atoms. The molecule has 0 aliphatic heterocycles. The number of aliphatic carboxylic acids is 1. The van der Waals surface area contributed by atoms with Crippen LogP contribution in [0.4, 0.5) is 0 Å². The summed E-state index contributed by atoms with van der Waals surface area (Å²) in [5, 5.41) is 9.75. The van der Waals surface area contributed by atoms with Gasteiger partial charge in [0.2, 0.25) is 0 Å². The maximum atomic E-state index is 10.9. The van der Waals surface area contributed by atoms with Crippen molar-refractivity contribution in [2.45, 2.75) is 11.3 Å². The Labute approximate surface area is 119 Å². The highest BCUT2D eigenvalue weighted by Crippen LogP contribution is 2.62. The Hall–Kier alpha value is -0.150. The zero-order valence-corrected chi connectivity index (χ0v) is 11.9. The van der Waals surface area contributed by atoms with Crippen LogP contribution in [0, 0.1) is 11.8 Å². The molecule has 0 aromatic carbocycles. The molecule has 6 heteroatoms. The van der Waals surface area contributed by atoms with Gasteiger partial charge in [-0.25, -0.2) is 0 Å². The fourth-order valence-corrected chi connectivity index (χ4v) is 2.92. The van der Waals surface area contributed by atoms with Crippen molar-refractivity contribution in [2.75, 3.05) is 0 Å². The van der Waals surface area contributed by atoms with E-state index in [2.05, 4.69) is 6.58 Å². The number of hydrogen-bond donors (Lipinski definition) is 1. The summed E-state index contributed by atoms with van der Waals surface area (Å²) < 4.78 is -1.31. The first kappa shape index (κ1) is 14.9. The Morgan fingerprint density at radius 3 is 2.18 bits per heavy atom. The second-order valence-electron chi connectivity index (χ2n) is 3.80. The third-order valence-corrected chi connectivity index (χ3v) is 3.65. The molecule has 0 radical (unpaired) electrons. The summed E-state index contributed by atoms with van der Waals surface area (Å²) in [6.45, 7) is 5.40. The van der Waals surface area contributed by atoms with E-state index in [0.29, 0.717) is 15.6 Å². The van der Waals surface area contributed by atoms with Crippen LogP contribution in [-0.4, -0.2) is 15.4 Å². The van der Waals surface area contributed by atoms with Crippen LogP contribution in [0.15, 0.2) is 34.4 Å². The van der Waals surface area contributed by atoms with Gasteiger partial charge in [-0.1, -0.05) is 53.0 Å². The van der Waals surface area contributed by atoms with Crippen molar-refractivity contribution in [1.82, 2.24) is 0 Å². The highest BCUT2D eigenvalue weighted by Gasteiger charge is 2.68. The van der Waals surface area contributed by atoms with E-state index < -0.39 is 22.1 Å². The summed E-state index contributed by atoms with van der Waals surface area (Å²) in [6, 6.07) is 0. The predicted octanol–water partition coefficient (Wildman–Crippen LogP) is 4.31. The lowest BCUT2D eigenvalue weighted by Gasteiger charge is -1.99. The Morgan fingerprint density at radius 2 is 1.82 bits per heavy atom. The van der Waals surface area contributed by atoms with E-state index in [-0.39, 0.29) is 0 Å². The zero-order valence-electron chi connectivity index (χ0n) is 8.88. The van der Waals surface area contributed by atoms with Crippen LogP contribution in [0.25, 0.3) is 0 Å². The number of carbonyl (C=O) groups is 1. The summed E-state index contributed by atoms with van der Waals surface area (Å²) in [4.78, 5) is 10.9. The molecule has 0 saturated heterocycles. The van der Waals surface area contributed by atoms with Crippen LogP contribution in [0.3, 0.4) is 0 Å². The molecule has 1 rings (SSSR count). The van der Waals surface area contributed by atoms with E-state index in [1.165, 1.54) is 12.2 Å². The first-order valence-electron chi connectivity index (χ1n) is 4.68. The first-order valence-corrected chi connectivity index (χ1v) is 6.19. The Bertz CT molecular complexity index is 419. The monoisotopic (exact) mass is 314 g/mol. The average molecular weight is 316 g/mol. The molecule has 1 aliphatic carbocycles. The van der Waals surface area contributed by atoms with Crippen molar-refractivity contribution in [3.8, 4) is 0 Å². The van der Waals surface area contributed by atoms with E-state index in [4.69, 9.17) is 51.5 Å². The molecule has 17 heavy (non-hydrogen) atoms. The minimum atomic E-state index is -1.31. The summed E-state index contributed by atoms with van der Waals surface area (Å²) in [5.41, 5.74) is 0.474. The topological polar surface area (TPSA) is 37.3 Å². The molecule has 0 amide bonds. The van der Waals surface area contributed by atoms with Crippen molar-refractivity contribution in [1.29, 1.82) is 0 Å². The molecular weight excluding hydrogens is 306 g/mol. The minimum absolute atomic E-state index is 0.350. The summed E-state index contributed by atoms with van der Waals surface area (Å²) in [7, 11) is 0. The number of rotatable bonds is 4. The molecule has 2 atom stereocenters. The lowest BCUT2D eigenvalue weighted by atomic mass is 10.1. The molecule has 0 spiro atoms. The van der Waals surface area contributed by atoms with Crippen molar-refractivity contribution >= 4 is 52.4 Å². The fraction of sp³-hybridized carbons (Fsp3) is 0.364. The molecule has 0 aromatic rings. The molecule has 94 valence electrons. The second-order valence-corrected chi connectivity index (χ2v) is 6.28. The summed E-state index contributed by atoms with van der Waals surface area (Å²) in [5.74, 6) is -2.42. The molecule has 0 unspecified atom stereocenters. The van der Waals surface area contributed by atoms with Crippen molar-refractivity contribution in [2.24, 2.45) is 11.8 Å². The highest BCUT2D eigenvalue weighted by atomic mass is 35.5. The van der Waals surface area contributed by atoms with Crippen LogP contribution in [-0.2, 0) is 4.79 Å². The molecule has 0 heterocycles. The van der Waals surface area contributed by atoms with Gasteiger partial charge in [-0.15, -0.1) is 0 Å². The molecular formula is C11H10Cl4O2. The van der Waals surface area contributed by atoms with Gasteiger partial charge in [0.1, 0.15) is 4.33 Å². The SMILES string of the molecule is C=C(/C=C(Cl)\C=C(/C)Cl)[C@@H]1[C@@H](C(=O)O)C1(Cl)Cl. The summed E-state index contributed by atoms with van der Waals surface area (Å²) in [6.07, 6.45) is 3.04. The van der Waals surface area contributed by atoms with Crippen molar-refractivity contribution in [3.05, 3.63) is 34.4 Å². The number of hydrogen-bond acceptors (Lipinski definition) is 1. The number of halogens is 4. The van der Waals surface area contributed by atoms with Gasteiger partial charge in [0, 0.05) is 16.0 Å². The van der Waals surface area contributed by atoms with Gasteiger partial charge >= 0.3 is 5.97 Å². The maximum absolute atomic E-state index is 10.9. The van der Waals surface area contributed by atoms with Crippen LogP contribution < -0.4 is 0 Å². The lowest BCUT2D eigenvalue weighted by molar-refractivity contribution is -0.138. The fourth-order valence-electron chi connectivity index (χ4n) is 1.59. The van der Waals surface area contributed by atoms with Crippen LogP contribution in [0.2, 0.25) is 0 Å². The van der Waals surface area contributed by atoms with Gasteiger partial charge < -0.3 is 5.11 Å². The van der Waals surface area contributed by atoms with Crippen molar-refractivity contribution in [3.63, 3.8) is 0 Å². The molecule has 1 fully saturated rings. The largest absolute Gasteiger partial charge is 0.481 e. The quantitative estimate of drug-likeness (QED) is 0.620. The number of carboxylic acids is 1. The van der Waals surface area contributed by atoms with Gasteiger partial charge in [0.15, 0.2) is 0 Å². The van der Waals surface area contributed by atoms with E-state index in [1.807, 2.05) is 0 Å². The lowest BCUT2D eigenvalue weighted by Crippen LogP contribution is -2.03. The number of carboxylic acid groups (broad SMARTS) is 1. The third kappa shape index (κ3) is 3.41. The van der Waals surface area contributed by atoms with E-state index in [0.717, 1.165) is 0 Å². The minimum Gasteiger partial charge on any atom is -0.481 e. The Kier molecular flexibility index (Phi) is 4.59. The van der Waals surface area contributed by atoms with Gasteiger partial charge in [0.05, 0.1) is 5.92 Å². The third-order valence-electron chi connectivity index (χ3n) is 2.38. The van der Waals surface area contributed by atoms with E-state index in [9.17, 15) is 4.79 Å². The predicted molar refractivity (Wildman–Crippen MR) is 71.7 cm³/mol. The molecule has 1 N–H and O–H groups in total. The molecule has 0 aromatic heterocycles. The van der Waals surface area contributed by atoms with E-state index >= 15 is 0 Å². The average Bonchev–Trinajstić information content (AvgIpc) is 2.66. The maximum Gasteiger partial charge on any atom is 0.310 e. The van der Waals surface area contributed by atoms with Crippen LogP contribution >= 0.6 is 46.4 Å². The highest BCUT2D eigenvalue weighted by molar-refractivity contribution is 6.53. The van der Waals surface area contributed by atoms with Crippen LogP contribution in [0.5, 0.6) is 0 Å². The van der Waals surface area contributed by atoms with Gasteiger partial charge in [-0.3, -0.25) is 4.79 Å². The number of allylic oxidation sites excluding steroid dienone is 5. The number of alkyl halides is 2. The van der Waals surface area contributed by atoms with E-state index in [1.54, 1.807) is 6.92 Å². The summed E-state index contributed by atoms with van der Waals surface area (Å²) >= 11 is 23.2. The Balaban J connectivity index is 2.81. The second kappa shape index (κ2) is 5.23. The normalized spacial score (nSPS) is 27.8. The first-order chi connectivity index (χ1) is 7.67. The van der Waals surface area contributed by atoms with Crippen LogP contribution in [0.1, 0.15) is 6.92 Å². The van der Waals surface area contributed by atoms with Crippen molar-refractivity contribution < 1.29 is 9.90 Å². The standard InChI is InChI=1S/C11H10Cl4O2/c1-5(3-7(13)4-6(2)12)8-9(10(16)17)11(8,14)15/h3-4,8-9H,1H2,2H3,(H,16,17)/b6-4+,7-3+/t8-,9+/m1/s1. The Morgan fingerprint density at radius 1 is 1.29 bits per heavy atom. The van der Waals surface area contributed by atoms with Gasteiger partial charge in [-0.2, -0.15) is 0 Å². The molecule has 2 nitrogen and oxygen atoms in total.